The van der Waals surface area contributed by atoms with Crippen LogP contribution in [0, 0.1) is 0 Å². The van der Waals surface area contributed by atoms with Crippen molar-refractivity contribution in [3.63, 3.8) is 0 Å². The molecule has 0 amide bonds. The molecule has 2 nitrogen and oxygen atoms in total. The summed E-state index contributed by atoms with van der Waals surface area (Å²) in [6.07, 6.45) is 0.763. The van der Waals surface area contributed by atoms with Gasteiger partial charge in [-0.25, -0.2) is 0 Å². The van der Waals surface area contributed by atoms with E-state index < -0.39 is 0 Å². The summed E-state index contributed by atoms with van der Waals surface area (Å²) in [6, 6.07) is 1.63. The lowest BCUT2D eigenvalue weighted by Crippen LogP contribution is -2.21. The van der Waals surface area contributed by atoms with Crippen LogP contribution < -0.4 is 10.5 Å². The second-order valence-electron chi connectivity index (χ2n) is 3.14. The highest BCUT2D eigenvalue weighted by Crippen LogP contribution is 2.44. The first-order valence-electron chi connectivity index (χ1n) is 4.17. The standard InChI is InChI=1S/C9H8BrCl2NO.ClH/c10-4-3-5(11)9-7(8(4)12)6(13)1-2-14-9;/h3,6H,1-2,13H2;1H/t6-;/m0./s1. The summed E-state index contributed by atoms with van der Waals surface area (Å²) < 4.78 is 6.20. The van der Waals surface area contributed by atoms with Crippen molar-refractivity contribution in [1.82, 2.24) is 0 Å². The summed E-state index contributed by atoms with van der Waals surface area (Å²) in [6.45, 7) is 0.589. The molecule has 0 fully saturated rings. The van der Waals surface area contributed by atoms with Gasteiger partial charge in [-0.15, -0.1) is 12.4 Å². The van der Waals surface area contributed by atoms with Gasteiger partial charge in [0.15, 0.2) is 0 Å². The number of hydrogen-bond donors (Lipinski definition) is 1. The van der Waals surface area contributed by atoms with E-state index in [4.69, 9.17) is 33.7 Å². The molecule has 0 spiro atoms. The molecule has 0 unspecified atom stereocenters. The molecule has 1 atom stereocenters. The Hall–Kier alpha value is 0.330. The highest BCUT2D eigenvalue weighted by atomic mass is 79.9. The van der Waals surface area contributed by atoms with Gasteiger partial charge in [0.05, 0.1) is 16.7 Å². The molecule has 1 aliphatic heterocycles. The van der Waals surface area contributed by atoms with E-state index in [0.717, 1.165) is 16.5 Å². The average Bonchev–Trinajstić information content (AvgIpc) is 2.14. The van der Waals surface area contributed by atoms with E-state index in [0.29, 0.717) is 22.4 Å². The fourth-order valence-corrected chi connectivity index (χ4v) is 2.63. The Morgan fingerprint density at radius 2 is 2.13 bits per heavy atom. The number of fused-ring (bicyclic) bond motifs is 1. The van der Waals surface area contributed by atoms with Gasteiger partial charge in [0.2, 0.25) is 0 Å². The molecule has 84 valence electrons. The molecular formula is C9H9BrCl3NO. The molecule has 1 aromatic rings. The van der Waals surface area contributed by atoms with Gasteiger partial charge in [-0.2, -0.15) is 0 Å². The molecule has 1 heterocycles. The predicted octanol–water partition coefficient (Wildman–Crippen LogP) is 3.96. The van der Waals surface area contributed by atoms with E-state index in [2.05, 4.69) is 15.9 Å². The minimum Gasteiger partial charge on any atom is -0.492 e. The van der Waals surface area contributed by atoms with Gasteiger partial charge in [-0.3, -0.25) is 0 Å². The number of rotatable bonds is 0. The monoisotopic (exact) mass is 331 g/mol. The highest BCUT2D eigenvalue weighted by Gasteiger charge is 2.25. The van der Waals surface area contributed by atoms with Crippen LogP contribution in [0.15, 0.2) is 10.5 Å². The van der Waals surface area contributed by atoms with Gasteiger partial charge < -0.3 is 10.5 Å². The third kappa shape index (κ3) is 2.37. The van der Waals surface area contributed by atoms with Crippen molar-refractivity contribution < 1.29 is 4.74 Å². The molecule has 2 rings (SSSR count). The van der Waals surface area contributed by atoms with Gasteiger partial charge >= 0.3 is 0 Å². The second-order valence-corrected chi connectivity index (χ2v) is 4.78. The van der Waals surface area contributed by atoms with Crippen LogP contribution in [0.1, 0.15) is 18.0 Å². The Labute approximate surface area is 113 Å². The van der Waals surface area contributed by atoms with Crippen molar-refractivity contribution in [2.24, 2.45) is 5.73 Å². The van der Waals surface area contributed by atoms with Crippen molar-refractivity contribution in [2.45, 2.75) is 12.5 Å². The molecule has 0 aromatic heterocycles. The lowest BCUT2D eigenvalue weighted by Gasteiger charge is -2.25. The zero-order chi connectivity index (χ0) is 10.3. The predicted molar refractivity (Wildman–Crippen MR) is 68.5 cm³/mol. The highest BCUT2D eigenvalue weighted by molar-refractivity contribution is 9.10. The average molecular weight is 333 g/mol. The van der Waals surface area contributed by atoms with E-state index >= 15 is 0 Å². The van der Waals surface area contributed by atoms with Crippen LogP contribution in [0.2, 0.25) is 10.0 Å². The first-order valence-corrected chi connectivity index (χ1v) is 5.72. The Kier molecular flexibility index (Phi) is 4.56. The van der Waals surface area contributed by atoms with E-state index in [-0.39, 0.29) is 18.4 Å². The van der Waals surface area contributed by atoms with Gasteiger partial charge in [-0.05, 0) is 22.0 Å². The van der Waals surface area contributed by atoms with Crippen molar-refractivity contribution in [3.05, 3.63) is 26.1 Å². The van der Waals surface area contributed by atoms with E-state index in [1.165, 1.54) is 0 Å². The minimum atomic E-state index is -0.0961. The van der Waals surface area contributed by atoms with Crippen molar-refractivity contribution >= 4 is 51.5 Å². The lowest BCUT2D eigenvalue weighted by molar-refractivity contribution is 0.269. The molecule has 0 bridgehead atoms. The number of hydrogen-bond acceptors (Lipinski definition) is 2. The number of nitrogens with two attached hydrogens (primary N) is 1. The maximum Gasteiger partial charge on any atom is 0.144 e. The zero-order valence-corrected chi connectivity index (χ0v) is 11.5. The van der Waals surface area contributed by atoms with Crippen molar-refractivity contribution in [2.75, 3.05) is 6.61 Å². The van der Waals surface area contributed by atoms with Crippen LogP contribution in [0.4, 0.5) is 0 Å². The van der Waals surface area contributed by atoms with E-state index in [1.807, 2.05) is 0 Å². The third-order valence-electron chi connectivity index (χ3n) is 2.21. The summed E-state index contributed by atoms with van der Waals surface area (Å²) in [4.78, 5) is 0. The van der Waals surface area contributed by atoms with Crippen LogP contribution in [0.25, 0.3) is 0 Å². The maximum absolute atomic E-state index is 6.11. The summed E-state index contributed by atoms with van der Waals surface area (Å²) in [5.74, 6) is 0.624. The Balaban J connectivity index is 0.00000112. The third-order valence-corrected chi connectivity index (χ3v) is 3.75. The lowest BCUT2D eigenvalue weighted by atomic mass is 10.0. The molecule has 0 aliphatic carbocycles. The molecule has 0 radical (unpaired) electrons. The van der Waals surface area contributed by atoms with Gasteiger partial charge in [0.25, 0.3) is 0 Å². The van der Waals surface area contributed by atoms with Crippen LogP contribution in [0.5, 0.6) is 5.75 Å². The van der Waals surface area contributed by atoms with Crippen LogP contribution in [0.3, 0.4) is 0 Å². The first kappa shape index (κ1) is 13.4. The molecule has 2 N–H and O–H groups in total. The Bertz CT molecular complexity index is 386. The van der Waals surface area contributed by atoms with Gasteiger partial charge in [0, 0.05) is 22.5 Å². The quantitative estimate of drug-likeness (QED) is 0.730. The number of halogens is 4. The minimum absolute atomic E-state index is 0. The fourth-order valence-electron chi connectivity index (χ4n) is 1.51. The van der Waals surface area contributed by atoms with Gasteiger partial charge in [0.1, 0.15) is 5.75 Å². The first-order chi connectivity index (χ1) is 6.61. The van der Waals surface area contributed by atoms with Crippen molar-refractivity contribution in [1.29, 1.82) is 0 Å². The molecule has 15 heavy (non-hydrogen) atoms. The van der Waals surface area contributed by atoms with E-state index in [9.17, 15) is 0 Å². The summed E-state index contributed by atoms with van der Waals surface area (Å²) in [5.41, 5.74) is 6.74. The molecule has 1 aliphatic rings. The van der Waals surface area contributed by atoms with Crippen LogP contribution >= 0.6 is 51.5 Å². The van der Waals surface area contributed by atoms with Crippen LogP contribution in [-0.4, -0.2) is 6.61 Å². The number of benzene rings is 1. The Morgan fingerprint density at radius 1 is 1.47 bits per heavy atom. The SMILES string of the molecule is Cl.N[C@H]1CCOc2c(Cl)cc(Br)c(Cl)c21. The molecule has 0 saturated carbocycles. The summed E-state index contributed by atoms with van der Waals surface area (Å²) in [5, 5.41) is 1.14. The molecule has 6 heteroatoms. The largest absolute Gasteiger partial charge is 0.492 e. The normalized spacial score (nSPS) is 18.8. The Morgan fingerprint density at radius 3 is 2.80 bits per heavy atom. The molecular weight excluding hydrogens is 324 g/mol. The fraction of sp³-hybridized carbons (Fsp3) is 0.333. The topological polar surface area (TPSA) is 35.2 Å². The molecule has 0 saturated heterocycles. The molecule has 1 aromatic carbocycles. The van der Waals surface area contributed by atoms with Crippen molar-refractivity contribution in [3.8, 4) is 5.75 Å². The zero-order valence-electron chi connectivity index (χ0n) is 7.60. The number of ether oxygens (including phenoxy) is 1. The summed E-state index contributed by atoms with van der Waals surface area (Å²) in [7, 11) is 0. The van der Waals surface area contributed by atoms with Crippen LogP contribution in [-0.2, 0) is 0 Å². The van der Waals surface area contributed by atoms with Gasteiger partial charge in [-0.1, -0.05) is 23.2 Å². The maximum atomic E-state index is 6.11. The van der Waals surface area contributed by atoms with E-state index in [1.54, 1.807) is 6.07 Å². The smallest absolute Gasteiger partial charge is 0.144 e. The second kappa shape index (κ2) is 5.11. The summed E-state index contributed by atoms with van der Waals surface area (Å²) >= 11 is 15.5.